The number of nitrogens with zero attached hydrogens (tertiary/aromatic N) is 4. The molecule has 0 amide bonds. The third kappa shape index (κ3) is 3.10. The van der Waals surface area contributed by atoms with Crippen molar-refractivity contribution in [1.29, 1.82) is 0 Å². The molecule has 0 fully saturated rings. The van der Waals surface area contributed by atoms with E-state index in [0.29, 0.717) is 25.1 Å². The van der Waals surface area contributed by atoms with Gasteiger partial charge in [-0.2, -0.15) is 5.10 Å². The predicted octanol–water partition coefficient (Wildman–Crippen LogP) is 4.31. The van der Waals surface area contributed by atoms with Gasteiger partial charge in [0.2, 0.25) is 0 Å². The highest BCUT2D eigenvalue weighted by Crippen LogP contribution is 2.20. The van der Waals surface area contributed by atoms with E-state index in [2.05, 4.69) is 9.67 Å². The Morgan fingerprint density at radius 2 is 1.88 bits per heavy atom. The largest absolute Gasteiger partial charge is 0.328 e. The van der Waals surface area contributed by atoms with Crippen molar-refractivity contribution in [2.75, 3.05) is 6.67 Å². The summed E-state index contributed by atoms with van der Waals surface area (Å²) in [7, 11) is 0. The monoisotopic (exact) mass is 352 g/mol. The van der Waals surface area contributed by atoms with E-state index in [-0.39, 0.29) is 12.5 Å². The molecule has 0 unspecified atom stereocenters. The second kappa shape index (κ2) is 7.07. The quantitative estimate of drug-likeness (QED) is 0.518. The maximum Gasteiger partial charge on any atom is 0.125 e. The van der Waals surface area contributed by atoms with Crippen LogP contribution >= 0.6 is 0 Å². The topological polar surface area (TPSA) is 35.6 Å². The third-order valence-electron chi connectivity index (χ3n) is 4.36. The van der Waals surface area contributed by atoms with Gasteiger partial charge >= 0.3 is 0 Å². The van der Waals surface area contributed by atoms with Gasteiger partial charge in [-0.25, -0.2) is 14.1 Å². The molecule has 0 saturated carbocycles. The third-order valence-corrected chi connectivity index (χ3v) is 4.36. The predicted molar refractivity (Wildman–Crippen MR) is 96.7 cm³/mol. The SMILES string of the molecule is FCCCn1c(Cc2ccnn2-c2cccc(F)c2)nc2ccccc21. The highest BCUT2D eigenvalue weighted by Gasteiger charge is 2.14. The van der Waals surface area contributed by atoms with Gasteiger partial charge in [0.15, 0.2) is 0 Å². The lowest BCUT2D eigenvalue weighted by Crippen LogP contribution is -2.09. The summed E-state index contributed by atoms with van der Waals surface area (Å²) in [6.45, 7) is 0.202. The highest BCUT2D eigenvalue weighted by molar-refractivity contribution is 5.76. The molecule has 4 nitrogen and oxygen atoms in total. The van der Waals surface area contributed by atoms with Crippen LogP contribution in [0.2, 0.25) is 0 Å². The van der Waals surface area contributed by atoms with E-state index < -0.39 is 0 Å². The Kier molecular flexibility index (Phi) is 4.48. The minimum absolute atomic E-state index is 0.306. The number of aromatic nitrogens is 4. The van der Waals surface area contributed by atoms with Crippen molar-refractivity contribution in [1.82, 2.24) is 19.3 Å². The van der Waals surface area contributed by atoms with Gasteiger partial charge in [0, 0.05) is 19.2 Å². The lowest BCUT2D eigenvalue weighted by atomic mass is 10.2. The fourth-order valence-electron chi connectivity index (χ4n) is 3.19. The van der Waals surface area contributed by atoms with Gasteiger partial charge in [-0.05, 0) is 42.8 Å². The Balaban J connectivity index is 1.73. The zero-order valence-corrected chi connectivity index (χ0v) is 14.1. The summed E-state index contributed by atoms with van der Waals surface area (Å²) in [5.74, 6) is 0.539. The molecular weight excluding hydrogens is 334 g/mol. The van der Waals surface area contributed by atoms with E-state index >= 15 is 0 Å². The van der Waals surface area contributed by atoms with Crippen LogP contribution in [0.3, 0.4) is 0 Å². The van der Waals surface area contributed by atoms with Crippen molar-refractivity contribution >= 4 is 11.0 Å². The second-order valence-electron chi connectivity index (χ2n) is 6.10. The molecule has 132 valence electrons. The van der Waals surface area contributed by atoms with Crippen LogP contribution in [-0.4, -0.2) is 26.0 Å². The zero-order chi connectivity index (χ0) is 17.9. The Morgan fingerprint density at radius 1 is 1.00 bits per heavy atom. The summed E-state index contributed by atoms with van der Waals surface area (Å²) in [5, 5.41) is 4.32. The highest BCUT2D eigenvalue weighted by atomic mass is 19.1. The van der Waals surface area contributed by atoms with Crippen LogP contribution in [0.15, 0.2) is 60.8 Å². The van der Waals surface area contributed by atoms with E-state index in [9.17, 15) is 8.78 Å². The summed E-state index contributed by atoms with van der Waals surface area (Å²) >= 11 is 0. The van der Waals surface area contributed by atoms with Gasteiger partial charge < -0.3 is 4.57 Å². The van der Waals surface area contributed by atoms with Gasteiger partial charge in [-0.15, -0.1) is 0 Å². The Labute approximate surface area is 149 Å². The number of alkyl halides is 1. The van der Waals surface area contributed by atoms with Crippen molar-refractivity contribution < 1.29 is 8.78 Å². The van der Waals surface area contributed by atoms with Gasteiger partial charge in [-0.1, -0.05) is 18.2 Å². The van der Waals surface area contributed by atoms with Crippen molar-refractivity contribution in [3.8, 4) is 5.69 Å². The van der Waals surface area contributed by atoms with Crippen LogP contribution in [0.5, 0.6) is 0 Å². The molecule has 2 heterocycles. The molecule has 0 saturated heterocycles. The first kappa shape index (κ1) is 16.4. The Hall–Kier alpha value is -3.02. The number of fused-ring (bicyclic) bond motifs is 1. The van der Waals surface area contributed by atoms with Crippen LogP contribution in [0, 0.1) is 5.82 Å². The molecule has 4 aromatic rings. The van der Waals surface area contributed by atoms with Gasteiger partial charge in [0.1, 0.15) is 11.6 Å². The van der Waals surface area contributed by atoms with E-state index in [4.69, 9.17) is 4.98 Å². The molecule has 0 aliphatic heterocycles. The minimum atomic E-state index is -0.368. The average molecular weight is 352 g/mol. The maximum absolute atomic E-state index is 13.6. The molecule has 6 heteroatoms. The number of hydrogen-bond donors (Lipinski definition) is 0. The van der Waals surface area contributed by atoms with Gasteiger partial charge in [0.05, 0.1) is 29.1 Å². The molecule has 0 aliphatic rings. The van der Waals surface area contributed by atoms with Gasteiger partial charge in [-0.3, -0.25) is 4.39 Å². The molecule has 0 spiro atoms. The van der Waals surface area contributed by atoms with E-state index in [1.54, 1.807) is 16.9 Å². The number of hydrogen-bond acceptors (Lipinski definition) is 2. The zero-order valence-electron chi connectivity index (χ0n) is 14.1. The number of aryl methyl sites for hydroxylation is 1. The first-order valence-electron chi connectivity index (χ1n) is 8.55. The minimum Gasteiger partial charge on any atom is -0.328 e. The van der Waals surface area contributed by atoms with Crippen LogP contribution in [0.4, 0.5) is 8.78 Å². The summed E-state index contributed by atoms with van der Waals surface area (Å²) in [5.41, 5.74) is 3.44. The summed E-state index contributed by atoms with van der Waals surface area (Å²) < 4.78 is 30.1. The molecule has 0 atom stereocenters. The number of para-hydroxylation sites is 2. The van der Waals surface area contributed by atoms with Crippen LogP contribution in [0.1, 0.15) is 17.9 Å². The van der Waals surface area contributed by atoms with Crippen molar-refractivity contribution in [3.63, 3.8) is 0 Å². The first-order valence-corrected chi connectivity index (χ1v) is 8.55. The molecular formula is C20H18F2N4. The number of imidazole rings is 1. The summed E-state index contributed by atoms with van der Waals surface area (Å²) in [6, 6.07) is 16.1. The Morgan fingerprint density at radius 3 is 2.73 bits per heavy atom. The second-order valence-corrected chi connectivity index (χ2v) is 6.10. The fourth-order valence-corrected chi connectivity index (χ4v) is 3.19. The molecule has 26 heavy (non-hydrogen) atoms. The van der Waals surface area contributed by atoms with Gasteiger partial charge in [0.25, 0.3) is 0 Å². The average Bonchev–Trinajstić information content (AvgIpc) is 3.24. The van der Waals surface area contributed by atoms with E-state index in [0.717, 1.165) is 22.6 Å². The maximum atomic E-state index is 13.6. The molecule has 0 aliphatic carbocycles. The van der Waals surface area contributed by atoms with Crippen LogP contribution in [0.25, 0.3) is 16.7 Å². The Bertz CT molecular complexity index is 1040. The molecule has 4 rings (SSSR count). The molecule has 2 aromatic heterocycles. The standard InChI is InChI=1S/C20H18F2N4/c21-10-4-12-25-19-8-2-1-7-18(19)24-20(25)14-17-9-11-23-26(17)16-6-3-5-15(22)13-16/h1-3,5-9,11,13H,4,10,12,14H2. The summed E-state index contributed by atoms with van der Waals surface area (Å²) in [6.07, 6.45) is 2.66. The van der Waals surface area contributed by atoms with Crippen LogP contribution in [-0.2, 0) is 13.0 Å². The van der Waals surface area contributed by atoms with E-state index in [1.165, 1.54) is 12.1 Å². The first-order chi connectivity index (χ1) is 12.8. The molecule has 0 radical (unpaired) electrons. The molecule has 2 aromatic carbocycles. The smallest absolute Gasteiger partial charge is 0.125 e. The number of halogens is 2. The van der Waals surface area contributed by atoms with Crippen molar-refractivity contribution in [3.05, 3.63) is 78.1 Å². The number of rotatable bonds is 6. The van der Waals surface area contributed by atoms with E-state index in [1.807, 2.05) is 36.4 Å². The normalized spacial score (nSPS) is 11.3. The molecule has 0 bridgehead atoms. The molecule has 0 N–H and O–H groups in total. The van der Waals surface area contributed by atoms with Crippen LogP contribution < -0.4 is 0 Å². The fraction of sp³-hybridized carbons (Fsp3) is 0.200. The lowest BCUT2D eigenvalue weighted by Gasteiger charge is -2.10. The summed E-state index contributed by atoms with van der Waals surface area (Å²) in [4.78, 5) is 4.72. The van der Waals surface area contributed by atoms with Crippen molar-refractivity contribution in [2.24, 2.45) is 0 Å². The lowest BCUT2D eigenvalue weighted by molar-refractivity contribution is 0.446. The number of benzene rings is 2. The van der Waals surface area contributed by atoms with Crippen molar-refractivity contribution in [2.45, 2.75) is 19.4 Å².